The Labute approximate surface area is 183 Å². The Bertz CT molecular complexity index is 1140. The first kappa shape index (κ1) is 21.0. The summed E-state index contributed by atoms with van der Waals surface area (Å²) in [5, 5.41) is 7.77. The van der Waals surface area contributed by atoms with E-state index in [-0.39, 0.29) is 16.9 Å². The number of hydrogen-bond acceptors (Lipinski definition) is 6. The van der Waals surface area contributed by atoms with E-state index in [4.69, 9.17) is 15.6 Å². The van der Waals surface area contributed by atoms with Crippen LogP contribution in [0.3, 0.4) is 0 Å². The molecule has 3 aromatic rings. The number of ether oxygens (including phenoxy) is 1. The number of methoxy groups -OCH3 is 1. The highest BCUT2D eigenvalue weighted by Crippen LogP contribution is 2.66. The van der Waals surface area contributed by atoms with Gasteiger partial charge >= 0.3 is 0 Å². The topological polar surface area (TPSA) is 90.4 Å². The number of pyridine rings is 1. The van der Waals surface area contributed by atoms with E-state index in [0.717, 1.165) is 50.0 Å². The third kappa shape index (κ3) is 3.46. The molecular formula is C22H25F3N6O. The van der Waals surface area contributed by atoms with E-state index >= 15 is 0 Å². The average Bonchev–Trinajstić information content (AvgIpc) is 3.11. The SMILES string of the molecule is COc1cc2ncc(-c3nc(N)c(F)cc3F)n2nc1C12CC(C1)C2.FC1CCNCC1. The Kier molecular flexibility index (Phi) is 5.19. The predicted molar refractivity (Wildman–Crippen MR) is 113 cm³/mol. The molecule has 1 aliphatic heterocycles. The fraction of sp³-hybridized carbons (Fsp3) is 0.500. The highest BCUT2D eigenvalue weighted by molar-refractivity contribution is 5.63. The minimum absolute atomic E-state index is 0.0551. The summed E-state index contributed by atoms with van der Waals surface area (Å²) >= 11 is 0. The molecule has 3 saturated carbocycles. The zero-order valence-corrected chi connectivity index (χ0v) is 17.7. The number of nitrogens with zero attached hydrogens (tertiary/aromatic N) is 4. The molecule has 4 fully saturated rings. The number of fused-ring (bicyclic) bond motifs is 1. The van der Waals surface area contributed by atoms with Gasteiger partial charge in [-0.15, -0.1) is 0 Å². The fourth-order valence-corrected chi connectivity index (χ4v) is 4.80. The lowest BCUT2D eigenvalue weighted by Crippen LogP contribution is -2.56. The van der Waals surface area contributed by atoms with Crippen molar-refractivity contribution in [2.45, 2.75) is 43.7 Å². The van der Waals surface area contributed by atoms with Gasteiger partial charge in [0, 0.05) is 17.5 Å². The van der Waals surface area contributed by atoms with Crippen molar-refractivity contribution >= 4 is 11.5 Å². The third-order valence-electron chi connectivity index (χ3n) is 6.69. The van der Waals surface area contributed by atoms with Crippen molar-refractivity contribution < 1.29 is 17.9 Å². The Balaban J connectivity index is 0.000000265. The summed E-state index contributed by atoms with van der Waals surface area (Å²) in [6.07, 6.45) is 5.64. The van der Waals surface area contributed by atoms with Gasteiger partial charge in [-0.1, -0.05) is 0 Å². The quantitative estimate of drug-likeness (QED) is 0.641. The van der Waals surface area contributed by atoms with E-state index in [1.165, 1.54) is 10.7 Å². The van der Waals surface area contributed by atoms with Gasteiger partial charge in [0.1, 0.15) is 29.0 Å². The van der Waals surface area contributed by atoms with E-state index in [1.54, 1.807) is 13.2 Å². The van der Waals surface area contributed by atoms with Gasteiger partial charge in [-0.2, -0.15) is 5.10 Å². The molecule has 10 heteroatoms. The molecular weight excluding hydrogens is 421 g/mol. The molecule has 3 N–H and O–H groups in total. The zero-order valence-electron chi connectivity index (χ0n) is 17.7. The third-order valence-corrected chi connectivity index (χ3v) is 6.69. The predicted octanol–water partition coefficient (Wildman–Crippen LogP) is 3.42. The van der Waals surface area contributed by atoms with Crippen LogP contribution in [0.1, 0.15) is 37.8 Å². The van der Waals surface area contributed by atoms with Gasteiger partial charge in [0.25, 0.3) is 0 Å². The van der Waals surface area contributed by atoms with Crippen LogP contribution in [0.2, 0.25) is 0 Å². The number of alkyl halides is 1. The second-order valence-corrected chi connectivity index (χ2v) is 8.84. The molecule has 2 bridgehead atoms. The van der Waals surface area contributed by atoms with Crippen molar-refractivity contribution in [3.05, 3.63) is 35.7 Å². The maximum Gasteiger partial charge on any atom is 0.168 e. The standard InChI is InChI=1S/C17H15F2N5O.C5H10FN/c1-25-12-3-13-21-7-11(14-9(18)2-10(19)16(20)22-14)24(13)23-15(12)17-4-8(5-17)6-17;6-5-1-3-7-4-2-5/h2-3,7-8H,4-6H2,1H3,(H2,20,22);5,7H,1-4H2. The van der Waals surface area contributed by atoms with Gasteiger partial charge in [-0.05, 0) is 51.1 Å². The second-order valence-electron chi connectivity index (χ2n) is 8.84. The highest BCUT2D eigenvalue weighted by Gasteiger charge is 2.59. The number of aromatic nitrogens is 4. The molecule has 3 aromatic heterocycles. The van der Waals surface area contributed by atoms with Crippen LogP contribution in [-0.4, -0.2) is 46.0 Å². The van der Waals surface area contributed by atoms with E-state index in [0.29, 0.717) is 29.9 Å². The van der Waals surface area contributed by atoms with Crippen LogP contribution >= 0.6 is 0 Å². The van der Waals surface area contributed by atoms with Crippen molar-refractivity contribution in [2.75, 3.05) is 25.9 Å². The van der Waals surface area contributed by atoms with E-state index < -0.39 is 17.8 Å². The summed E-state index contributed by atoms with van der Waals surface area (Å²) in [4.78, 5) is 8.09. The average molecular weight is 446 g/mol. The molecule has 0 radical (unpaired) electrons. The number of nitrogens with two attached hydrogens (primary N) is 1. The maximum atomic E-state index is 14.2. The number of hydrogen-bond donors (Lipinski definition) is 2. The van der Waals surface area contributed by atoms with Crippen LogP contribution in [0.4, 0.5) is 19.0 Å². The van der Waals surface area contributed by atoms with E-state index in [1.807, 2.05) is 0 Å². The van der Waals surface area contributed by atoms with Crippen LogP contribution in [0.5, 0.6) is 5.75 Å². The molecule has 32 heavy (non-hydrogen) atoms. The van der Waals surface area contributed by atoms with Crippen molar-refractivity contribution in [2.24, 2.45) is 5.92 Å². The van der Waals surface area contributed by atoms with Gasteiger partial charge in [0.15, 0.2) is 23.1 Å². The Morgan fingerprint density at radius 2 is 1.88 bits per heavy atom. The first-order valence-corrected chi connectivity index (χ1v) is 10.8. The smallest absolute Gasteiger partial charge is 0.168 e. The van der Waals surface area contributed by atoms with Gasteiger partial charge in [-0.25, -0.2) is 27.7 Å². The molecule has 3 aliphatic carbocycles. The Morgan fingerprint density at radius 1 is 1.16 bits per heavy atom. The van der Waals surface area contributed by atoms with Gasteiger partial charge in [0.05, 0.1) is 13.3 Å². The lowest BCUT2D eigenvalue weighted by molar-refractivity contribution is -0.0333. The number of imidazole rings is 1. The van der Waals surface area contributed by atoms with Crippen LogP contribution in [0, 0.1) is 17.6 Å². The number of rotatable bonds is 3. The minimum Gasteiger partial charge on any atom is -0.495 e. The molecule has 4 heterocycles. The molecule has 4 aliphatic rings. The molecule has 0 atom stereocenters. The lowest BCUT2D eigenvalue weighted by atomic mass is 9.43. The Hall–Kier alpha value is -2.88. The minimum atomic E-state index is -0.890. The van der Waals surface area contributed by atoms with Crippen molar-refractivity contribution in [1.29, 1.82) is 0 Å². The summed E-state index contributed by atoms with van der Waals surface area (Å²) < 4.78 is 46.8. The molecule has 0 unspecified atom stereocenters. The molecule has 170 valence electrons. The number of piperidine rings is 1. The van der Waals surface area contributed by atoms with Crippen LogP contribution < -0.4 is 15.8 Å². The number of nitrogen functional groups attached to an aromatic ring is 1. The maximum absolute atomic E-state index is 14.2. The van der Waals surface area contributed by atoms with E-state index in [2.05, 4.69) is 15.3 Å². The Morgan fingerprint density at radius 3 is 2.44 bits per heavy atom. The monoisotopic (exact) mass is 446 g/mol. The van der Waals surface area contributed by atoms with Gasteiger partial charge < -0.3 is 15.8 Å². The summed E-state index contributed by atoms with van der Waals surface area (Å²) in [7, 11) is 1.61. The summed E-state index contributed by atoms with van der Waals surface area (Å²) in [6.45, 7) is 1.72. The van der Waals surface area contributed by atoms with Crippen molar-refractivity contribution in [3.63, 3.8) is 0 Å². The summed E-state index contributed by atoms with van der Waals surface area (Å²) in [5.74, 6) is -0.590. The first-order chi connectivity index (χ1) is 15.4. The van der Waals surface area contributed by atoms with Crippen molar-refractivity contribution in [1.82, 2.24) is 24.9 Å². The summed E-state index contributed by atoms with van der Waals surface area (Å²) in [5.41, 5.74) is 7.17. The van der Waals surface area contributed by atoms with Crippen LogP contribution in [0.25, 0.3) is 17.0 Å². The van der Waals surface area contributed by atoms with Crippen molar-refractivity contribution in [3.8, 4) is 17.1 Å². The summed E-state index contributed by atoms with van der Waals surface area (Å²) in [6, 6.07) is 2.51. The van der Waals surface area contributed by atoms with Crippen LogP contribution in [0.15, 0.2) is 18.3 Å². The zero-order chi connectivity index (χ0) is 22.5. The number of anilines is 1. The first-order valence-electron chi connectivity index (χ1n) is 10.8. The molecule has 1 saturated heterocycles. The molecule has 0 aromatic carbocycles. The molecule has 0 amide bonds. The fourth-order valence-electron chi connectivity index (χ4n) is 4.80. The lowest BCUT2D eigenvalue weighted by Gasteiger charge is -2.61. The molecule has 7 rings (SSSR count). The molecule has 0 spiro atoms. The van der Waals surface area contributed by atoms with Gasteiger partial charge in [-0.3, -0.25) is 0 Å². The normalized spacial score (nSPS) is 24.3. The van der Waals surface area contributed by atoms with Crippen LogP contribution in [-0.2, 0) is 5.41 Å². The largest absolute Gasteiger partial charge is 0.495 e. The molecule has 7 nitrogen and oxygen atoms in total. The number of nitrogens with one attached hydrogen (secondary N) is 1. The van der Waals surface area contributed by atoms with E-state index in [9.17, 15) is 13.2 Å². The van der Waals surface area contributed by atoms with Gasteiger partial charge in [0.2, 0.25) is 0 Å². The highest BCUT2D eigenvalue weighted by atomic mass is 19.1. The second kappa shape index (κ2) is 7.91. The number of halogens is 3.